The third-order valence-electron chi connectivity index (χ3n) is 2.49. The van der Waals surface area contributed by atoms with Crippen molar-refractivity contribution in [3.8, 4) is 0 Å². The summed E-state index contributed by atoms with van der Waals surface area (Å²) in [7, 11) is 0. The lowest BCUT2D eigenvalue weighted by Crippen LogP contribution is -1.98. The summed E-state index contributed by atoms with van der Waals surface area (Å²) in [5, 5.41) is 0.503. The molecule has 18 heavy (non-hydrogen) atoms. The average Bonchev–Trinajstić information content (AvgIpc) is 2.32. The van der Waals surface area contributed by atoms with Crippen molar-refractivity contribution >= 4 is 43.5 Å². The number of hydrogen-bond donors (Lipinski definition) is 0. The van der Waals surface area contributed by atoms with Gasteiger partial charge in [-0.1, -0.05) is 45.7 Å². The number of rotatable bonds is 2. The van der Waals surface area contributed by atoms with Crippen molar-refractivity contribution in [2.45, 2.75) is 4.83 Å². The van der Waals surface area contributed by atoms with Crippen LogP contribution in [0.5, 0.6) is 0 Å². The molecule has 2 rings (SSSR count). The molecule has 0 bridgehead atoms. The molecule has 0 amide bonds. The molecule has 0 fully saturated rings. The van der Waals surface area contributed by atoms with Gasteiger partial charge in [0.2, 0.25) is 0 Å². The third-order valence-corrected chi connectivity index (χ3v) is 4.79. The van der Waals surface area contributed by atoms with E-state index in [1.165, 1.54) is 12.1 Å². The van der Waals surface area contributed by atoms with Crippen LogP contribution in [-0.2, 0) is 0 Å². The SMILES string of the molecule is Fc1ccc(C(Br)c2cccc(Br)c2Cl)c(F)c1. The Kier molecular flexibility index (Phi) is 4.41. The Bertz CT molecular complexity index is 587. The van der Waals surface area contributed by atoms with Crippen molar-refractivity contribution in [1.29, 1.82) is 0 Å². The molecule has 0 aliphatic rings. The molecule has 5 heteroatoms. The third kappa shape index (κ3) is 2.76. The first-order valence-corrected chi connectivity index (χ1v) is 7.12. The topological polar surface area (TPSA) is 0 Å². The molecule has 0 aliphatic heterocycles. The Morgan fingerprint density at radius 2 is 1.78 bits per heavy atom. The first kappa shape index (κ1) is 14.0. The van der Waals surface area contributed by atoms with Gasteiger partial charge in [-0.05, 0) is 33.6 Å². The van der Waals surface area contributed by atoms with Crippen molar-refractivity contribution in [3.63, 3.8) is 0 Å². The summed E-state index contributed by atoms with van der Waals surface area (Å²) in [5.74, 6) is -1.20. The van der Waals surface area contributed by atoms with Crippen LogP contribution in [0.3, 0.4) is 0 Å². The summed E-state index contributed by atoms with van der Waals surface area (Å²) in [5.41, 5.74) is 1.06. The van der Waals surface area contributed by atoms with Gasteiger partial charge in [0.25, 0.3) is 0 Å². The van der Waals surface area contributed by atoms with Crippen molar-refractivity contribution < 1.29 is 8.78 Å². The van der Waals surface area contributed by atoms with Crippen LogP contribution >= 0.6 is 43.5 Å². The smallest absolute Gasteiger partial charge is 0.130 e. The van der Waals surface area contributed by atoms with Crippen molar-refractivity contribution in [2.75, 3.05) is 0 Å². The Morgan fingerprint density at radius 3 is 2.44 bits per heavy atom. The molecular formula is C13H7Br2ClF2. The van der Waals surface area contributed by atoms with Crippen LogP contribution in [0, 0.1) is 11.6 Å². The summed E-state index contributed by atoms with van der Waals surface area (Å²) < 4.78 is 27.3. The second kappa shape index (κ2) is 5.68. The number of halogens is 5. The van der Waals surface area contributed by atoms with Gasteiger partial charge in [-0.25, -0.2) is 8.78 Å². The van der Waals surface area contributed by atoms with Crippen LogP contribution in [0.25, 0.3) is 0 Å². The molecule has 0 saturated carbocycles. The fourth-order valence-electron chi connectivity index (χ4n) is 1.59. The van der Waals surface area contributed by atoms with Gasteiger partial charge in [0, 0.05) is 16.1 Å². The minimum atomic E-state index is -0.604. The zero-order chi connectivity index (χ0) is 13.3. The maximum atomic E-state index is 13.7. The highest BCUT2D eigenvalue weighted by Gasteiger charge is 2.18. The van der Waals surface area contributed by atoms with Gasteiger partial charge in [-0.2, -0.15) is 0 Å². The molecule has 0 nitrogen and oxygen atoms in total. The molecule has 2 aromatic rings. The van der Waals surface area contributed by atoms with Crippen LogP contribution in [0.2, 0.25) is 5.02 Å². The van der Waals surface area contributed by atoms with Crippen LogP contribution in [-0.4, -0.2) is 0 Å². The highest BCUT2D eigenvalue weighted by Crippen LogP contribution is 2.39. The Hall–Kier alpha value is -0.450. The van der Waals surface area contributed by atoms with Crippen molar-refractivity contribution in [1.82, 2.24) is 0 Å². The maximum Gasteiger partial charge on any atom is 0.130 e. The van der Waals surface area contributed by atoms with E-state index in [1.54, 1.807) is 18.2 Å². The standard InChI is InChI=1S/C13H7Br2ClF2/c14-10-3-1-2-9(13(10)16)12(15)8-5-4-7(17)6-11(8)18/h1-6,12H. The Balaban J connectivity index is 2.48. The molecule has 2 aromatic carbocycles. The highest BCUT2D eigenvalue weighted by atomic mass is 79.9. The highest BCUT2D eigenvalue weighted by molar-refractivity contribution is 9.10. The zero-order valence-electron chi connectivity index (χ0n) is 8.93. The van der Waals surface area contributed by atoms with Gasteiger partial charge in [0.1, 0.15) is 11.6 Å². The fraction of sp³-hybridized carbons (Fsp3) is 0.0769. The van der Waals surface area contributed by atoms with E-state index in [2.05, 4.69) is 31.9 Å². The van der Waals surface area contributed by atoms with Gasteiger partial charge < -0.3 is 0 Å². The van der Waals surface area contributed by atoms with E-state index in [1.807, 2.05) is 0 Å². The normalized spacial score (nSPS) is 12.5. The van der Waals surface area contributed by atoms with Crippen LogP contribution in [0.1, 0.15) is 16.0 Å². The van der Waals surface area contributed by atoms with E-state index in [-0.39, 0.29) is 0 Å². The van der Waals surface area contributed by atoms with Gasteiger partial charge in [-0.15, -0.1) is 0 Å². The van der Waals surface area contributed by atoms with Crippen molar-refractivity contribution in [3.05, 3.63) is 68.7 Å². The van der Waals surface area contributed by atoms with Gasteiger partial charge in [0.15, 0.2) is 0 Å². The molecule has 0 radical (unpaired) electrons. The molecule has 1 atom stereocenters. The van der Waals surface area contributed by atoms with Gasteiger partial charge in [-0.3, -0.25) is 0 Å². The molecule has 94 valence electrons. The van der Waals surface area contributed by atoms with E-state index in [9.17, 15) is 8.78 Å². The number of benzene rings is 2. The maximum absolute atomic E-state index is 13.7. The van der Waals surface area contributed by atoms with Gasteiger partial charge >= 0.3 is 0 Å². The lowest BCUT2D eigenvalue weighted by atomic mass is 10.0. The molecule has 0 spiro atoms. The Morgan fingerprint density at radius 1 is 1.06 bits per heavy atom. The minimum Gasteiger partial charge on any atom is -0.207 e. The zero-order valence-corrected chi connectivity index (χ0v) is 12.9. The van der Waals surface area contributed by atoms with Crippen LogP contribution < -0.4 is 0 Å². The van der Waals surface area contributed by atoms with Crippen LogP contribution in [0.4, 0.5) is 8.78 Å². The van der Waals surface area contributed by atoms with E-state index < -0.39 is 16.5 Å². The lowest BCUT2D eigenvalue weighted by Gasteiger charge is -2.14. The second-order valence-electron chi connectivity index (χ2n) is 3.67. The quantitative estimate of drug-likeness (QED) is 0.558. The largest absolute Gasteiger partial charge is 0.207 e. The summed E-state index contributed by atoms with van der Waals surface area (Å²) in [6.07, 6.45) is 0. The molecule has 0 saturated heterocycles. The Labute approximate surface area is 125 Å². The minimum absolute atomic E-state index is 0.344. The fourth-order valence-corrected chi connectivity index (χ4v) is 3.09. The summed E-state index contributed by atoms with van der Waals surface area (Å²) >= 11 is 12.8. The molecule has 0 heterocycles. The first-order valence-electron chi connectivity index (χ1n) is 5.03. The van der Waals surface area contributed by atoms with Crippen molar-refractivity contribution in [2.24, 2.45) is 0 Å². The second-order valence-corrected chi connectivity index (χ2v) is 5.82. The van der Waals surface area contributed by atoms with Crippen LogP contribution in [0.15, 0.2) is 40.9 Å². The average molecular weight is 396 g/mol. The molecule has 0 aromatic heterocycles. The molecule has 1 unspecified atom stereocenters. The summed E-state index contributed by atoms with van der Waals surface area (Å²) in [6.45, 7) is 0. The molecule has 0 aliphatic carbocycles. The van der Waals surface area contributed by atoms with E-state index in [4.69, 9.17) is 11.6 Å². The lowest BCUT2D eigenvalue weighted by molar-refractivity contribution is 0.574. The van der Waals surface area contributed by atoms with E-state index >= 15 is 0 Å². The summed E-state index contributed by atoms with van der Waals surface area (Å²) in [4.78, 5) is -0.428. The molecule has 0 N–H and O–H groups in total. The number of hydrogen-bond acceptors (Lipinski definition) is 0. The predicted molar refractivity (Wildman–Crippen MR) is 76.3 cm³/mol. The van der Waals surface area contributed by atoms with Gasteiger partial charge in [0.05, 0.1) is 9.85 Å². The van der Waals surface area contributed by atoms with E-state index in [0.29, 0.717) is 10.6 Å². The van der Waals surface area contributed by atoms with E-state index in [0.717, 1.165) is 16.1 Å². The monoisotopic (exact) mass is 394 g/mol. The molecular weight excluding hydrogens is 389 g/mol. The number of alkyl halides is 1. The summed E-state index contributed by atoms with van der Waals surface area (Å²) in [6, 6.07) is 8.87. The first-order chi connectivity index (χ1) is 8.50. The predicted octanol–water partition coefficient (Wildman–Crippen LogP) is 5.87.